The van der Waals surface area contributed by atoms with Gasteiger partial charge in [-0.15, -0.1) is 11.3 Å². The summed E-state index contributed by atoms with van der Waals surface area (Å²) < 4.78 is 6.22. The van der Waals surface area contributed by atoms with Gasteiger partial charge in [0.1, 0.15) is 5.75 Å². The molecule has 21 heavy (non-hydrogen) atoms. The molecule has 3 aromatic rings. The maximum absolute atomic E-state index is 12.3. The van der Waals surface area contributed by atoms with Crippen LogP contribution in [0.5, 0.6) is 5.75 Å². The van der Waals surface area contributed by atoms with E-state index in [1.54, 1.807) is 23.7 Å². The maximum Gasteiger partial charge on any atom is 0.259 e. The Morgan fingerprint density at radius 3 is 2.95 bits per heavy atom. The van der Waals surface area contributed by atoms with E-state index in [0.717, 1.165) is 15.9 Å². The predicted molar refractivity (Wildman–Crippen MR) is 85.0 cm³/mol. The van der Waals surface area contributed by atoms with Gasteiger partial charge in [0.05, 0.1) is 28.4 Å². The molecule has 106 valence electrons. The number of fused-ring (bicyclic) bond motifs is 1. The highest BCUT2D eigenvalue weighted by atomic mass is 32.1. The molecule has 5 nitrogen and oxygen atoms in total. The average molecular weight is 299 g/mol. The standard InChI is InChI=1S/C15H13N3O2S/c1-20-13-6-9(16)2-4-11(13)15(19)18-10-3-5-12-14(7-10)21-8-17-12/h2-8H,16H2,1H3,(H,18,19). The van der Waals surface area contributed by atoms with E-state index < -0.39 is 0 Å². The van der Waals surface area contributed by atoms with Gasteiger partial charge in [-0.05, 0) is 30.3 Å². The third-order valence-corrected chi connectivity index (χ3v) is 3.85. The number of nitrogens with zero attached hydrogens (tertiary/aromatic N) is 1. The second-order valence-corrected chi connectivity index (χ2v) is 5.34. The number of carbonyl (C=O) groups is 1. The van der Waals surface area contributed by atoms with Crippen LogP contribution in [-0.2, 0) is 0 Å². The summed E-state index contributed by atoms with van der Waals surface area (Å²) >= 11 is 1.53. The molecule has 0 aliphatic rings. The maximum atomic E-state index is 12.3. The first-order chi connectivity index (χ1) is 10.2. The van der Waals surface area contributed by atoms with E-state index in [4.69, 9.17) is 10.5 Å². The van der Waals surface area contributed by atoms with Gasteiger partial charge in [-0.1, -0.05) is 0 Å². The third-order valence-electron chi connectivity index (χ3n) is 3.06. The Bertz CT molecular complexity index is 814. The number of methoxy groups -OCH3 is 1. The second-order valence-electron chi connectivity index (χ2n) is 4.45. The smallest absolute Gasteiger partial charge is 0.259 e. The molecule has 3 rings (SSSR count). The van der Waals surface area contributed by atoms with Crippen molar-refractivity contribution < 1.29 is 9.53 Å². The molecule has 0 saturated carbocycles. The van der Waals surface area contributed by atoms with Crippen molar-refractivity contribution in [2.24, 2.45) is 0 Å². The number of anilines is 2. The molecular formula is C15H13N3O2S. The number of rotatable bonds is 3. The zero-order chi connectivity index (χ0) is 14.8. The van der Waals surface area contributed by atoms with Gasteiger partial charge in [-0.2, -0.15) is 0 Å². The minimum atomic E-state index is -0.240. The number of nitrogen functional groups attached to an aromatic ring is 1. The molecule has 1 heterocycles. The fraction of sp³-hybridized carbons (Fsp3) is 0.0667. The summed E-state index contributed by atoms with van der Waals surface area (Å²) in [6.07, 6.45) is 0. The van der Waals surface area contributed by atoms with Gasteiger partial charge < -0.3 is 15.8 Å². The highest BCUT2D eigenvalue weighted by molar-refractivity contribution is 7.16. The number of nitrogens with two attached hydrogens (primary N) is 1. The zero-order valence-electron chi connectivity index (χ0n) is 11.3. The number of aromatic nitrogens is 1. The number of benzene rings is 2. The van der Waals surface area contributed by atoms with Crippen LogP contribution in [0.4, 0.5) is 11.4 Å². The lowest BCUT2D eigenvalue weighted by Crippen LogP contribution is -2.13. The number of ether oxygens (including phenoxy) is 1. The van der Waals surface area contributed by atoms with Crippen molar-refractivity contribution >= 4 is 38.8 Å². The normalized spacial score (nSPS) is 10.5. The molecule has 1 amide bonds. The summed E-state index contributed by atoms with van der Waals surface area (Å²) in [6.45, 7) is 0. The van der Waals surface area contributed by atoms with Crippen molar-refractivity contribution in [3.05, 3.63) is 47.5 Å². The van der Waals surface area contributed by atoms with E-state index in [9.17, 15) is 4.79 Å². The summed E-state index contributed by atoms with van der Waals surface area (Å²) in [5, 5.41) is 2.85. The van der Waals surface area contributed by atoms with Crippen molar-refractivity contribution in [2.45, 2.75) is 0 Å². The van der Waals surface area contributed by atoms with Gasteiger partial charge in [-0.25, -0.2) is 4.98 Å². The van der Waals surface area contributed by atoms with Crippen molar-refractivity contribution in [3.63, 3.8) is 0 Å². The molecule has 0 spiro atoms. The van der Waals surface area contributed by atoms with Gasteiger partial charge in [-0.3, -0.25) is 4.79 Å². The third kappa shape index (κ3) is 2.66. The quantitative estimate of drug-likeness (QED) is 0.728. The first kappa shape index (κ1) is 13.4. The number of nitrogens with one attached hydrogen (secondary N) is 1. The molecule has 3 N–H and O–H groups in total. The lowest BCUT2D eigenvalue weighted by Gasteiger charge is -2.10. The van der Waals surface area contributed by atoms with Crippen molar-refractivity contribution in [2.75, 3.05) is 18.2 Å². The van der Waals surface area contributed by atoms with Crippen LogP contribution in [0.25, 0.3) is 10.2 Å². The second kappa shape index (κ2) is 5.41. The van der Waals surface area contributed by atoms with Crippen molar-refractivity contribution in [1.29, 1.82) is 0 Å². The topological polar surface area (TPSA) is 77.2 Å². The van der Waals surface area contributed by atoms with Crippen molar-refractivity contribution in [3.8, 4) is 5.75 Å². The molecule has 0 aliphatic heterocycles. The summed E-state index contributed by atoms with van der Waals surface area (Å²) in [5.41, 5.74) is 10.1. The van der Waals surface area contributed by atoms with E-state index in [0.29, 0.717) is 17.0 Å². The molecule has 0 aliphatic carbocycles. The van der Waals surface area contributed by atoms with Gasteiger partial charge in [0.2, 0.25) is 0 Å². The fourth-order valence-electron chi connectivity index (χ4n) is 2.03. The number of carbonyl (C=O) groups excluding carboxylic acids is 1. The Morgan fingerprint density at radius 1 is 1.29 bits per heavy atom. The van der Waals surface area contributed by atoms with Gasteiger partial charge in [0, 0.05) is 17.4 Å². The minimum Gasteiger partial charge on any atom is -0.496 e. The van der Waals surface area contributed by atoms with Crippen LogP contribution in [0.1, 0.15) is 10.4 Å². The summed E-state index contributed by atoms with van der Waals surface area (Å²) in [5.74, 6) is 0.210. The highest BCUT2D eigenvalue weighted by Gasteiger charge is 2.13. The van der Waals surface area contributed by atoms with E-state index in [1.165, 1.54) is 18.4 Å². The first-order valence-electron chi connectivity index (χ1n) is 6.25. The average Bonchev–Trinajstić information content (AvgIpc) is 2.94. The lowest BCUT2D eigenvalue weighted by atomic mass is 10.1. The zero-order valence-corrected chi connectivity index (χ0v) is 12.1. The molecule has 0 radical (unpaired) electrons. The Labute approximate surface area is 125 Å². The molecule has 0 atom stereocenters. The fourth-order valence-corrected chi connectivity index (χ4v) is 2.74. The minimum absolute atomic E-state index is 0.240. The van der Waals surface area contributed by atoms with Crippen LogP contribution >= 0.6 is 11.3 Å². The Hall–Kier alpha value is -2.60. The molecule has 0 saturated heterocycles. The van der Waals surface area contributed by atoms with E-state index in [-0.39, 0.29) is 5.91 Å². The lowest BCUT2D eigenvalue weighted by molar-refractivity contribution is 0.102. The molecular weight excluding hydrogens is 286 g/mol. The first-order valence-corrected chi connectivity index (χ1v) is 7.13. The summed E-state index contributed by atoms with van der Waals surface area (Å²) in [7, 11) is 1.51. The largest absolute Gasteiger partial charge is 0.496 e. The van der Waals surface area contributed by atoms with E-state index in [2.05, 4.69) is 10.3 Å². The Kier molecular flexibility index (Phi) is 3.45. The number of thiazole rings is 1. The van der Waals surface area contributed by atoms with Crippen LogP contribution in [0.3, 0.4) is 0 Å². The van der Waals surface area contributed by atoms with Gasteiger partial charge >= 0.3 is 0 Å². The van der Waals surface area contributed by atoms with Crippen LogP contribution in [0, 0.1) is 0 Å². The van der Waals surface area contributed by atoms with Gasteiger partial charge in [0.15, 0.2) is 0 Å². The van der Waals surface area contributed by atoms with Crippen LogP contribution < -0.4 is 15.8 Å². The summed E-state index contributed by atoms with van der Waals surface area (Å²) in [4.78, 5) is 16.5. The highest BCUT2D eigenvalue weighted by Crippen LogP contribution is 2.25. The molecule has 0 bridgehead atoms. The number of hydrogen-bond donors (Lipinski definition) is 2. The van der Waals surface area contributed by atoms with Crippen LogP contribution in [0.2, 0.25) is 0 Å². The van der Waals surface area contributed by atoms with Gasteiger partial charge in [0.25, 0.3) is 5.91 Å². The molecule has 1 aromatic heterocycles. The van der Waals surface area contributed by atoms with E-state index in [1.807, 2.05) is 18.2 Å². The molecule has 6 heteroatoms. The SMILES string of the molecule is COc1cc(N)ccc1C(=O)Nc1ccc2ncsc2c1. The summed E-state index contributed by atoms with van der Waals surface area (Å²) in [6, 6.07) is 10.5. The predicted octanol–water partition coefficient (Wildman–Crippen LogP) is 3.14. The van der Waals surface area contributed by atoms with E-state index >= 15 is 0 Å². The number of amides is 1. The molecule has 0 unspecified atom stereocenters. The van der Waals surface area contributed by atoms with Crippen molar-refractivity contribution in [1.82, 2.24) is 4.98 Å². The Balaban J connectivity index is 1.88. The van der Waals surface area contributed by atoms with Crippen LogP contribution in [0.15, 0.2) is 41.9 Å². The number of hydrogen-bond acceptors (Lipinski definition) is 5. The van der Waals surface area contributed by atoms with Crippen LogP contribution in [-0.4, -0.2) is 18.0 Å². The monoisotopic (exact) mass is 299 g/mol. The Morgan fingerprint density at radius 2 is 2.14 bits per heavy atom. The molecule has 2 aromatic carbocycles. The molecule has 0 fully saturated rings.